The summed E-state index contributed by atoms with van der Waals surface area (Å²) in [4.78, 5) is 11.1. The lowest BCUT2D eigenvalue weighted by atomic mass is 9.94. The molecule has 30 heavy (non-hydrogen) atoms. The molecule has 16 heteroatoms. The highest BCUT2D eigenvalue weighted by Crippen LogP contribution is 2.60. The quantitative estimate of drug-likeness (QED) is 0.292. The maximum atomic E-state index is 13.4. The smallest absolute Gasteiger partial charge is 0.443 e. The topological polar surface area (TPSA) is 38.3 Å². The van der Waals surface area contributed by atoms with Crippen LogP contribution in [0.5, 0.6) is 0 Å². The Morgan fingerprint density at radius 2 is 1.17 bits per heavy atom. The minimum absolute atomic E-state index is 0.229. The van der Waals surface area contributed by atoms with Crippen molar-refractivity contribution in [1.82, 2.24) is 5.32 Å². The van der Waals surface area contributed by atoms with Gasteiger partial charge in [-0.1, -0.05) is 26.2 Å². The van der Waals surface area contributed by atoms with Gasteiger partial charge in [-0.05, 0) is 6.42 Å². The van der Waals surface area contributed by atoms with Crippen LogP contribution in [0.15, 0.2) is 0 Å². The molecular formula is C14H16F13NO2. The molecule has 1 N–H and O–H groups in total. The molecule has 0 bridgehead atoms. The Labute approximate surface area is 160 Å². The van der Waals surface area contributed by atoms with Crippen LogP contribution in [-0.4, -0.2) is 55.0 Å². The van der Waals surface area contributed by atoms with Crippen molar-refractivity contribution in [3.8, 4) is 0 Å². The van der Waals surface area contributed by atoms with Crippen LogP contribution in [0.25, 0.3) is 0 Å². The fourth-order valence-electron chi connectivity index (χ4n) is 1.84. The van der Waals surface area contributed by atoms with Crippen molar-refractivity contribution >= 4 is 6.09 Å². The first-order valence-electron chi connectivity index (χ1n) is 8.07. The number of carbonyl (C=O) groups is 1. The average Bonchev–Trinajstić information content (AvgIpc) is 2.58. The summed E-state index contributed by atoms with van der Waals surface area (Å²) < 4.78 is 170. The molecule has 0 saturated heterocycles. The molecule has 0 aromatic heterocycles. The normalized spacial score (nSPS) is 14.6. The van der Waals surface area contributed by atoms with E-state index in [-0.39, 0.29) is 13.0 Å². The summed E-state index contributed by atoms with van der Waals surface area (Å²) in [6, 6.07) is 0. The molecule has 0 aliphatic carbocycles. The molecule has 1 amide bonds. The summed E-state index contributed by atoms with van der Waals surface area (Å²) in [6.07, 6.45) is -7.06. The van der Waals surface area contributed by atoms with Gasteiger partial charge in [-0.3, -0.25) is 0 Å². The van der Waals surface area contributed by atoms with E-state index in [2.05, 4.69) is 4.74 Å². The molecule has 0 aromatic rings. The second-order valence-corrected chi connectivity index (χ2v) is 6.06. The van der Waals surface area contributed by atoms with E-state index in [0.717, 1.165) is 6.42 Å². The summed E-state index contributed by atoms with van der Waals surface area (Å²) in [7, 11) is 0. The molecular weight excluding hydrogens is 461 g/mol. The largest absolute Gasteiger partial charge is 0.460 e. The third-order valence-corrected chi connectivity index (χ3v) is 3.68. The van der Waals surface area contributed by atoms with Crippen molar-refractivity contribution in [2.75, 3.05) is 13.2 Å². The van der Waals surface area contributed by atoms with Gasteiger partial charge in [0.2, 0.25) is 0 Å². The molecule has 0 spiro atoms. The number of halogens is 13. The van der Waals surface area contributed by atoms with Gasteiger partial charge in [0.25, 0.3) is 0 Å². The van der Waals surface area contributed by atoms with E-state index in [1.165, 1.54) is 0 Å². The van der Waals surface area contributed by atoms with E-state index in [1.807, 2.05) is 6.92 Å². The van der Waals surface area contributed by atoms with Crippen molar-refractivity contribution in [2.24, 2.45) is 0 Å². The number of nitrogens with one attached hydrogen (secondary N) is 1. The van der Waals surface area contributed by atoms with Crippen LogP contribution in [0.4, 0.5) is 61.9 Å². The maximum absolute atomic E-state index is 13.4. The number of amides is 1. The number of hydrogen-bond donors (Lipinski definition) is 1. The SMILES string of the molecule is CCCCCCNC(=O)OCC(F)(F)C(F)(F)C(F)(F)C(F)(F)C(F)(F)C(F)(F)F. The fourth-order valence-corrected chi connectivity index (χ4v) is 1.84. The van der Waals surface area contributed by atoms with E-state index >= 15 is 0 Å². The van der Waals surface area contributed by atoms with Gasteiger partial charge < -0.3 is 10.1 Å². The minimum Gasteiger partial charge on any atom is -0.443 e. The van der Waals surface area contributed by atoms with Gasteiger partial charge in [0.1, 0.15) is 0 Å². The molecule has 180 valence electrons. The Morgan fingerprint density at radius 1 is 0.700 bits per heavy atom. The van der Waals surface area contributed by atoms with Gasteiger partial charge in [0.05, 0.1) is 0 Å². The summed E-state index contributed by atoms with van der Waals surface area (Å²) in [6.45, 7) is -1.43. The lowest BCUT2D eigenvalue weighted by Crippen LogP contribution is -2.70. The Hall–Kier alpha value is -1.64. The molecule has 0 aliphatic heterocycles. The molecule has 0 aromatic carbocycles. The van der Waals surface area contributed by atoms with Crippen LogP contribution in [-0.2, 0) is 4.74 Å². The lowest BCUT2D eigenvalue weighted by Gasteiger charge is -2.39. The lowest BCUT2D eigenvalue weighted by molar-refractivity contribution is -0.440. The first kappa shape index (κ1) is 28.4. The number of carbonyl (C=O) groups excluding carboxylic acids is 1. The van der Waals surface area contributed by atoms with Gasteiger partial charge >= 0.3 is 41.9 Å². The van der Waals surface area contributed by atoms with Crippen molar-refractivity contribution < 1.29 is 66.6 Å². The molecule has 3 nitrogen and oxygen atoms in total. The van der Waals surface area contributed by atoms with Crippen molar-refractivity contribution in [3.63, 3.8) is 0 Å². The summed E-state index contributed by atoms with van der Waals surface area (Å²) in [5.74, 6) is -37.6. The number of ether oxygens (including phenoxy) is 1. The molecule has 0 aliphatic rings. The highest BCUT2D eigenvalue weighted by Gasteiger charge is 2.90. The van der Waals surface area contributed by atoms with E-state index in [4.69, 9.17) is 0 Å². The second-order valence-electron chi connectivity index (χ2n) is 6.06. The van der Waals surface area contributed by atoms with Crippen LogP contribution in [0, 0.1) is 0 Å². The van der Waals surface area contributed by atoms with Gasteiger partial charge in [-0.25, -0.2) is 4.79 Å². The summed E-state index contributed by atoms with van der Waals surface area (Å²) >= 11 is 0. The van der Waals surface area contributed by atoms with Crippen molar-refractivity contribution in [3.05, 3.63) is 0 Å². The predicted octanol–water partition coefficient (Wildman–Crippen LogP) is 6.03. The Balaban J connectivity index is 5.39. The number of unbranched alkanes of at least 4 members (excludes halogenated alkanes) is 3. The average molecular weight is 477 g/mol. The van der Waals surface area contributed by atoms with Gasteiger partial charge in [-0.15, -0.1) is 0 Å². The Kier molecular flexibility index (Phi) is 8.73. The van der Waals surface area contributed by atoms with Crippen LogP contribution < -0.4 is 5.32 Å². The Bertz CT molecular complexity index is 575. The number of alkyl carbamates (subject to hydrolysis) is 1. The first-order chi connectivity index (χ1) is 13.2. The van der Waals surface area contributed by atoms with Crippen LogP contribution in [0.2, 0.25) is 0 Å². The highest BCUT2D eigenvalue weighted by molar-refractivity contribution is 5.67. The van der Waals surface area contributed by atoms with Crippen molar-refractivity contribution in [1.29, 1.82) is 0 Å². The number of alkyl halides is 13. The molecule has 0 heterocycles. The maximum Gasteiger partial charge on any atom is 0.460 e. The highest BCUT2D eigenvalue weighted by atomic mass is 19.4. The molecule has 0 saturated carbocycles. The zero-order valence-corrected chi connectivity index (χ0v) is 15.0. The van der Waals surface area contributed by atoms with Crippen LogP contribution >= 0.6 is 0 Å². The van der Waals surface area contributed by atoms with E-state index in [0.29, 0.717) is 12.8 Å². The van der Waals surface area contributed by atoms with E-state index in [1.54, 1.807) is 5.32 Å². The number of hydrogen-bond acceptors (Lipinski definition) is 2. The third-order valence-electron chi connectivity index (χ3n) is 3.68. The van der Waals surface area contributed by atoms with Gasteiger partial charge in [0.15, 0.2) is 6.61 Å². The van der Waals surface area contributed by atoms with E-state index < -0.39 is 48.5 Å². The minimum atomic E-state index is -7.98. The molecule has 0 rings (SSSR count). The standard InChI is InChI=1S/C14H16F13NO2/c1-2-3-4-5-6-28-8(29)30-7-9(15,16)10(17,18)11(19,20)12(21,22)13(23,24)14(25,26)27/h2-7H2,1H3,(H,28,29). The summed E-state index contributed by atoms with van der Waals surface area (Å²) in [5.41, 5.74) is 0. The van der Waals surface area contributed by atoms with Crippen LogP contribution in [0.3, 0.4) is 0 Å². The Morgan fingerprint density at radius 3 is 1.60 bits per heavy atom. The van der Waals surface area contributed by atoms with Gasteiger partial charge in [-0.2, -0.15) is 57.1 Å². The molecule has 0 fully saturated rings. The monoisotopic (exact) mass is 477 g/mol. The zero-order valence-electron chi connectivity index (χ0n) is 15.0. The van der Waals surface area contributed by atoms with Gasteiger partial charge in [0, 0.05) is 6.54 Å². The molecule has 0 atom stereocenters. The van der Waals surface area contributed by atoms with E-state index in [9.17, 15) is 61.9 Å². The third kappa shape index (κ3) is 5.34. The summed E-state index contributed by atoms with van der Waals surface area (Å²) in [5, 5.41) is 1.73. The zero-order chi connectivity index (χ0) is 24.2. The first-order valence-corrected chi connectivity index (χ1v) is 8.07. The second kappa shape index (κ2) is 9.24. The predicted molar refractivity (Wildman–Crippen MR) is 74.3 cm³/mol. The number of rotatable bonds is 11. The van der Waals surface area contributed by atoms with Crippen molar-refractivity contribution in [2.45, 2.75) is 68.4 Å². The van der Waals surface area contributed by atoms with Crippen LogP contribution in [0.1, 0.15) is 32.6 Å². The fraction of sp³-hybridized carbons (Fsp3) is 0.929. The molecule has 0 radical (unpaired) electrons. The molecule has 0 unspecified atom stereocenters.